The lowest BCUT2D eigenvalue weighted by atomic mass is 9.99. The Bertz CT molecular complexity index is 743. The molecule has 1 aromatic rings. The van der Waals surface area contributed by atoms with Crippen LogP contribution in [0.25, 0.3) is 0 Å². The zero-order valence-corrected chi connectivity index (χ0v) is 15.3. The predicted octanol–water partition coefficient (Wildman–Crippen LogP) is -1.14. The fourth-order valence-corrected chi connectivity index (χ4v) is 4.49. The molecule has 0 saturated carbocycles. The lowest BCUT2D eigenvalue weighted by Gasteiger charge is -2.30. The molecule has 1 aliphatic rings. The highest BCUT2D eigenvalue weighted by molar-refractivity contribution is 7.89. The first-order valence-electron chi connectivity index (χ1n) is 8.17. The molecule has 1 aliphatic heterocycles. The van der Waals surface area contributed by atoms with Crippen LogP contribution in [0.4, 0.5) is 0 Å². The van der Waals surface area contributed by atoms with Crippen LogP contribution in [0.1, 0.15) is 23.3 Å². The maximum absolute atomic E-state index is 12.9. The number of hydrogen-bond donors (Lipinski definition) is 3. The molecule has 0 aromatic carbocycles. The zero-order valence-electron chi connectivity index (χ0n) is 14.5. The van der Waals surface area contributed by atoms with Gasteiger partial charge in [-0.3, -0.25) is 9.59 Å². The van der Waals surface area contributed by atoms with E-state index in [1.54, 1.807) is 7.05 Å². The lowest BCUT2D eigenvalue weighted by Crippen LogP contribution is -2.46. The third kappa shape index (κ3) is 4.20. The summed E-state index contributed by atoms with van der Waals surface area (Å²) in [5.41, 5.74) is 5.63. The number of sulfonamides is 1. The number of amides is 2. The summed E-state index contributed by atoms with van der Waals surface area (Å²) >= 11 is 0. The van der Waals surface area contributed by atoms with Crippen LogP contribution in [-0.2, 0) is 21.9 Å². The molecule has 0 spiro atoms. The standard InChI is InChI=1S/C15H25N5O4S/c1-17-15(22)13-8-12(10-19(13)2)25(23,24)20-7-3-4-11(9-20)14(21)18-6-5-16/h8,10-11H,3-7,9,16H2,1-2H3,(H,17,22)(H,18,21). The smallest absolute Gasteiger partial charge is 0.267 e. The first-order valence-corrected chi connectivity index (χ1v) is 9.61. The van der Waals surface area contributed by atoms with Crippen LogP contribution < -0.4 is 16.4 Å². The first kappa shape index (κ1) is 19.4. The van der Waals surface area contributed by atoms with E-state index in [1.165, 1.54) is 28.2 Å². The maximum atomic E-state index is 12.9. The van der Waals surface area contributed by atoms with Crippen molar-refractivity contribution in [1.29, 1.82) is 0 Å². The van der Waals surface area contributed by atoms with Gasteiger partial charge in [0.1, 0.15) is 10.6 Å². The van der Waals surface area contributed by atoms with Crippen LogP contribution >= 0.6 is 0 Å². The van der Waals surface area contributed by atoms with Crippen molar-refractivity contribution in [2.75, 3.05) is 33.2 Å². The van der Waals surface area contributed by atoms with Crippen LogP contribution in [0, 0.1) is 5.92 Å². The summed E-state index contributed by atoms with van der Waals surface area (Å²) < 4.78 is 28.5. The number of aromatic nitrogens is 1. The van der Waals surface area contributed by atoms with Crippen molar-refractivity contribution in [3.63, 3.8) is 0 Å². The molecule has 0 aliphatic carbocycles. The van der Waals surface area contributed by atoms with Crippen LogP contribution in [0.15, 0.2) is 17.2 Å². The summed E-state index contributed by atoms with van der Waals surface area (Å²) in [5.74, 6) is -0.928. The van der Waals surface area contributed by atoms with Gasteiger partial charge in [-0.1, -0.05) is 0 Å². The number of piperidine rings is 1. The highest BCUT2D eigenvalue weighted by atomic mass is 32.2. The molecule has 0 bridgehead atoms. The molecule has 140 valence electrons. The van der Waals surface area contributed by atoms with Gasteiger partial charge in [0.15, 0.2) is 0 Å². The van der Waals surface area contributed by atoms with Crippen molar-refractivity contribution in [2.45, 2.75) is 17.7 Å². The number of rotatable bonds is 6. The molecular formula is C15H25N5O4S. The van der Waals surface area contributed by atoms with Gasteiger partial charge in [0, 0.05) is 46.5 Å². The number of carbonyl (C=O) groups is 2. The summed E-state index contributed by atoms with van der Waals surface area (Å²) in [7, 11) is -0.666. The molecule has 2 amide bonds. The van der Waals surface area contributed by atoms with E-state index in [0.717, 1.165) is 0 Å². The highest BCUT2D eigenvalue weighted by Gasteiger charge is 2.34. The molecule has 1 fully saturated rings. The Hall–Kier alpha value is -1.91. The molecule has 1 saturated heterocycles. The molecule has 0 radical (unpaired) electrons. The number of aryl methyl sites for hydroxylation is 1. The zero-order chi connectivity index (χ0) is 18.6. The molecular weight excluding hydrogens is 346 g/mol. The van der Waals surface area contributed by atoms with Crippen molar-refractivity contribution in [2.24, 2.45) is 18.7 Å². The molecule has 1 aromatic heterocycles. The summed E-state index contributed by atoms with van der Waals surface area (Å²) in [4.78, 5) is 23.9. The first-order chi connectivity index (χ1) is 11.8. The lowest BCUT2D eigenvalue weighted by molar-refractivity contribution is -0.126. The van der Waals surface area contributed by atoms with Gasteiger partial charge in [-0.25, -0.2) is 8.42 Å². The topological polar surface area (TPSA) is 127 Å². The van der Waals surface area contributed by atoms with Crippen molar-refractivity contribution >= 4 is 21.8 Å². The van der Waals surface area contributed by atoms with Gasteiger partial charge in [-0.2, -0.15) is 4.31 Å². The molecule has 1 atom stereocenters. The van der Waals surface area contributed by atoms with Crippen molar-refractivity contribution in [1.82, 2.24) is 19.5 Å². The second kappa shape index (κ2) is 7.98. The van der Waals surface area contributed by atoms with E-state index in [2.05, 4.69) is 10.6 Å². The summed E-state index contributed by atoms with van der Waals surface area (Å²) in [6, 6.07) is 1.35. The Balaban J connectivity index is 2.19. The van der Waals surface area contributed by atoms with E-state index in [-0.39, 0.29) is 28.9 Å². The predicted molar refractivity (Wildman–Crippen MR) is 92.4 cm³/mol. The van der Waals surface area contributed by atoms with Crippen LogP contribution in [-0.4, -0.2) is 62.3 Å². The van der Waals surface area contributed by atoms with E-state index in [4.69, 9.17) is 5.73 Å². The number of nitrogens with two attached hydrogens (primary N) is 1. The Kier molecular flexibility index (Phi) is 6.20. The maximum Gasteiger partial charge on any atom is 0.267 e. The highest BCUT2D eigenvalue weighted by Crippen LogP contribution is 2.25. The number of nitrogens with one attached hydrogen (secondary N) is 2. The van der Waals surface area contributed by atoms with E-state index < -0.39 is 15.9 Å². The van der Waals surface area contributed by atoms with Gasteiger partial charge >= 0.3 is 0 Å². The van der Waals surface area contributed by atoms with Crippen molar-refractivity contribution in [3.8, 4) is 0 Å². The Labute approximate surface area is 147 Å². The molecule has 2 heterocycles. The van der Waals surface area contributed by atoms with Crippen molar-refractivity contribution < 1.29 is 18.0 Å². The largest absolute Gasteiger partial charge is 0.355 e. The molecule has 4 N–H and O–H groups in total. The average molecular weight is 371 g/mol. The monoisotopic (exact) mass is 371 g/mol. The Morgan fingerprint density at radius 3 is 2.76 bits per heavy atom. The number of carbonyl (C=O) groups excluding carboxylic acids is 2. The fourth-order valence-electron chi connectivity index (χ4n) is 2.89. The van der Waals surface area contributed by atoms with E-state index in [1.807, 2.05) is 0 Å². The normalized spacial score (nSPS) is 18.8. The minimum Gasteiger partial charge on any atom is -0.355 e. The number of hydrogen-bond acceptors (Lipinski definition) is 5. The van der Waals surface area contributed by atoms with Gasteiger partial charge < -0.3 is 20.9 Å². The van der Waals surface area contributed by atoms with Gasteiger partial charge in [-0.15, -0.1) is 0 Å². The van der Waals surface area contributed by atoms with Gasteiger partial charge in [-0.05, 0) is 18.9 Å². The second-order valence-electron chi connectivity index (χ2n) is 6.03. The summed E-state index contributed by atoms with van der Waals surface area (Å²) in [6.45, 7) is 1.19. The third-order valence-electron chi connectivity index (χ3n) is 4.28. The molecule has 25 heavy (non-hydrogen) atoms. The third-order valence-corrected chi connectivity index (χ3v) is 6.11. The van der Waals surface area contributed by atoms with Gasteiger partial charge in [0.05, 0.1) is 5.92 Å². The SMILES string of the molecule is CNC(=O)c1cc(S(=O)(=O)N2CCCC(C(=O)NCCN)C2)cn1C. The van der Waals surface area contributed by atoms with Gasteiger partial charge in [0.2, 0.25) is 15.9 Å². The van der Waals surface area contributed by atoms with Crippen LogP contribution in [0.2, 0.25) is 0 Å². The Morgan fingerprint density at radius 1 is 1.40 bits per heavy atom. The molecule has 9 nitrogen and oxygen atoms in total. The Morgan fingerprint density at radius 2 is 2.12 bits per heavy atom. The van der Waals surface area contributed by atoms with E-state index in [9.17, 15) is 18.0 Å². The summed E-state index contributed by atoms with van der Waals surface area (Å²) in [6.07, 6.45) is 2.66. The number of nitrogens with zero attached hydrogens (tertiary/aromatic N) is 2. The quantitative estimate of drug-likeness (QED) is 0.583. The van der Waals surface area contributed by atoms with Gasteiger partial charge in [0.25, 0.3) is 5.91 Å². The fraction of sp³-hybridized carbons (Fsp3) is 0.600. The molecule has 2 rings (SSSR count). The average Bonchev–Trinajstić information content (AvgIpc) is 3.01. The second-order valence-corrected chi connectivity index (χ2v) is 7.97. The summed E-state index contributed by atoms with van der Waals surface area (Å²) in [5, 5.41) is 5.18. The minimum absolute atomic E-state index is 0.0524. The minimum atomic E-state index is -3.76. The molecule has 1 unspecified atom stereocenters. The van der Waals surface area contributed by atoms with Crippen molar-refractivity contribution in [3.05, 3.63) is 18.0 Å². The van der Waals surface area contributed by atoms with Crippen LogP contribution in [0.3, 0.4) is 0 Å². The molecule has 10 heteroatoms. The van der Waals surface area contributed by atoms with Crippen LogP contribution in [0.5, 0.6) is 0 Å². The van der Waals surface area contributed by atoms with E-state index in [0.29, 0.717) is 32.5 Å². The van der Waals surface area contributed by atoms with E-state index >= 15 is 0 Å².